The largest absolute Gasteiger partial charge is 0.444 e. The van der Waals surface area contributed by atoms with Crippen LogP contribution in [0.4, 0.5) is 0 Å². The van der Waals surface area contributed by atoms with Gasteiger partial charge in [-0.05, 0) is 38.8 Å². The van der Waals surface area contributed by atoms with Gasteiger partial charge in [0.25, 0.3) is 0 Å². The highest BCUT2D eigenvalue weighted by molar-refractivity contribution is 14.0. The number of halogens is 1. The lowest BCUT2D eigenvalue weighted by Gasteiger charge is -2.33. The molecular formula is C22H32IN5O. The molecule has 2 N–H and O–H groups in total. The van der Waals surface area contributed by atoms with Crippen molar-refractivity contribution in [2.45, 2.75) is 39.3 Å². The summed E-state index contributed by atoms with van der Waals surface area (Å²) in [5, 5.41) is 6.91. The molecule has 2 aromatic rings. The molecule has 0 atom stereocenters. The smallest absolute Gasteiger partial charge is 0.226 e. The number of rotatable bonds is 7. The van der Waals surface area contributed by atoms with Crippen molar-refractivity contribution in [3.05, 3.63) is 54.4 Å². The number of hydrogen-bond donors (Lipinski definition) is 2. The van der Waals surface area contributed by atoms with Crippen molar-refractivity contribution in [2.24, 2.45) is 4.99 Å². The van der Waals surface area contributed by atoms with Crippen LogP contribution < -0.4 is 10.6 Å². The third kappa shape index (κ3) is 7.47. The number of aromatic nitrogens is 1. The van der Waals surface area contributed by atoms with Crippen LogP contribution in [0.25, 0.3) is 11.5 Å². The highest BCUT2D eigenvalue weighted by Crippen LogP contribution is 2.18. The van der Waals surface area contributed by atoms with Crippen molar-refractivity contribution >= 4 is 29.9 Å². The molecule has 0 bridgehead atoms. The summed E-state index contributed by atoms with van der Waals surface area (Å²) in [7, 11) is 0. The first-order valence-electron chi connectivity index (χ1n) is 10.1. The molecule has 2 heterocycles. The molecule has 1 aromatic heterocycles. The molecule has 0 radical (unpaired) electrons. The fourth-order valence-corrected chi connectivity index (χ4v) is 3.38. The van der Waals surface area contributed by atoms with Gasteiger partial charge in [-0.1, -0.05) is 30.4 Å². The molecule has 158 valence electrons. The Kier molecular flexibility index (Phi) is 9.66. The number of aliphatic imine (C=N–C) groups is 1. The molecule has 1 fully saturated rings. The van der Waals surface area contributed by atoms with Crippen LogP contribution in [0.3, 0.4) is 0 Å². The predicted octanol–water partition coefficient (Wildman–Crippen LogP) is 4.06. The van der Waals surface area contributed by atoms with E-state index in [0.29, 0.717) is 18.5 Å². The van der Waals surface area contributed by atoms with E-state index < -0.39 is 0 Å². The van der Waals surface area contributed by atoms with Gasteiger partial charge in [0.05, 0.1) is 6.54 Å². The number of oxazole rings is 1. The fourth-order valence-electron chi connectivity index (χ4n) is 3.38. The van der Waals surface area contributed by atoms with E-state index in [-0.39, 0.29) is 24.0 Å². The van der Waals surface area contributed by atoms with Crippen LogP contribution in [0.5, 0.6) is 0 Å². The summed E-state index contributed by atoms with van der Waals surface area (Å²) in [6.07, 6.45) is 3.91. The van der Waals surface area contributed by atoms with Crippen LogP contribution >= 0.6 is 24.0 Å². The van der Waals surface area contributed by atoms with Crippen molar-refractivity contribution in [3.63, 3.8) is 0 Å². The summed E-state index contributed by atoms with van der Waals surface area (Å²) in [6.45, 7) is 12.7. The minimum atomic E-state index is 0. The second kappa shape index (κ2) is 12.0. The Balaban J connectivity index is 0.00000300. The summed E-state index contributed by atoms with van der Waals surface area (Å²) >= 11 is 0. The first-order chi connectivity index (χ1) is 13.6. The Morgan fingerprint density at radius 2 is 2.00 bits per heavy atom. The second-order valence-electron chi connectivity index (χ2n) is 7.36. The Morgan fingerprint density at radius 3 is 2.66 bits per heavy atom. The monoisotopic (exact) mass is 509 g/mol. The quantitative estimate of drug-likeness (QED) is 0.255. The summed E-state index contributed by atoms with van der Waals surface area (Å²) in [5.41, 5.74) is 3.03. The van der Waals surface area contributed by atoms with Crippen molar-refractivity contribution < 1.29 is 4.42 Å². The first kappa shape index (κ1) is 23.4. The number of nitrogens with one attached hydrogen (secondary N) is 2. The van der Waals surface area contributed by atoms with E-state index in [1.165, 1.54) is 5.57 Å². The predicted molar refractivity (Wildman–Crippen MR) is 130 cm³/mol. The standard InChI is InChI=1S/C22H31N5O.HI/c1-4-23-22(26-19-10-12-27(13-11-19)15-17(2)3)24-14-20-16-28-21(25-20)18-8-6-5-7-9-18;/h5-9,16,19H,2,4,10-15H2,1,3H3,(H2,23,24,26);1H. The SMILES string of the molecule is C=C(C)CN1CCC(NC(=NCc2coc(-c3ccccc3)n2)NCC)CC1.I. The summed E-state index contributed by atoms with van der Waals surface area (Å²) in [4.78, 5) is 11.7. The Labute approximate surface area is 190 Å². The number of benzene rings is 1. The van der Waals surface area contributed by atoms with Crippen LogP contribution in [-0.2, 0) is 6.54 Å². The lowest BCUT2D eigenvalue weighted by atomic mass is 10.0. The molecule has 1 aromatic carbocycles. The van der Waals surface area contributed by atoms with Gasteiger partial charge in [0.1, 0.15) is 12.0 Å². The Morgan fingerprint density at radius 1 is 1.28 bits per heavy atom. The van der Waals surface area contributed by atoms with Gasteiger partial charge in [0.2, 0.25) is 5.89 Å². The minimum absolute atomic E-state index is 0. The molecule has 0 unspecified atom stereocenters. The molecule has 29 heavy (non-hydrogen) atoms. The van der Waals surface area contributed by atoms with E-state index in [0.717, 1.165) is 56.2 Å². The fraction of sp³-hybridized carbons (Fsp3) is 0.455. The van der Waals surface area contributed by atoms with Gasteiger partial charge >= 0.3 is 0 Å². The zero-order valence-corrected chi connectivity index (χ0v) is 19.7. The molecular weight excluding hydrogens is 477 g/mol. The molecule has 3 rings (SSSR count). The zero-order chi connectivity index (χ0) is 19.8. The molecule has 0 spiro atoms. The maximum absolute atomic E-state index is 5.60. The van der Waals surface area contributed by atoms with E-state index in [4.69, 9.17) is 9.41 Å². The van der Waals surface area contributed by atoms with Gasteiger partial charge < -0.3 is 15.1 Å². The van der Waals surface area contributed by atoms with Gasteiger partial charge in [-0.15, -0.1) is 24.0 Å². The summed E-state index contributed by atoms with van der Waals surface area (Å²) < 4.78 is 5.60. The Hall–Kier alpha value is -1.87. The molecule has 0 saturated carbocycles. The van der Waals surface area contributed by atoms with Gasteiger partial charge in [0.15, 0.2) is 5.96 Å². The molecule has 7 heteroatoms. The van der Waals surface area contributed by atoms with Gasteiger partial charge in [-0.25, -0.2) is 9.98 Å². The highest BCUT2D eigenvalue weighted by Gasteiger charge is 2.19. The average molecular weight is 509 g/mol. The maximum atomic E-state index is 5.60. The lowest BCUT2D eigenvalue weighted by molar-refractivity contribution is 0.221. The first-order valence-corrected chi connectivity index (χ1v) is 10.1. The molecule has 0 amide bonds. The van der Waals surface area contributed by atoms with Crippen LogP contribution in [0, 0.1) is 0 Å². The zero-order valence-electron chi connectivity index (χ0n) is 17.4. The molecule has 6 nitrogen and oxygen atoms in total. The molecule has 1 saturated heterocycles. The normalized spacial score (nSPS) is 15.6. The van der Waals surface area contributed by atoms with Crippen molar-refractivity contribution in [3.8, 4) is 11.5 Å². The lowest BCUT2D eigenvalue weighted by Crippen LogP contribution is -2.48. The highest BCUT2D eigenvalue weighted by atomic mass is 127. The molecule has 1 aliphatic heterocycles. The van der Waals surface area contributed by atoms with E-state index in [2.05, 4.69) is 40.9 Å². The number of likely N-dealkylation sites (tertiary alicyclic amines) is 1. The maximum Gasteiger partial charge on any atom is 0.226 e. The third-order valence-corrected chi connectivity index (χ3v) is 4.74. The van der Waals surface area contributed by atoms with Crippen LogP contribution in [0.1, 0.15) is 32.4 Å². The number of guanidine groups is 1. The number of nitrogens with zero attached hydrogens (tertiary/aromatic N) is 3. The van der Waals surface area contributed by atoms with Crippen LogP contribution in [-0.4, -0.2) is 48.1 Å². The van der Waals surface area contributed by atoms with Crippen molar-refractivity contribution in [2.75, 3.05) is 26.2 Å². The minimum Gasteiger partial charge on any atom is -0.444 e. The van der Waals surface area contributed by atoms with Gasteiger partial charge in [-0.3, -0.25) is 4.90 Å². The number of hydrogen-bond acceptors (Lipinski definition) is 4. The van der Waals surface area contributed by atoms with Crippen LogP contribution in [0.2, 0.25) is 0 Å². The molecule has 1 aliphatic rings. The van der Waals surface area contributed by atoms with E-state index in [9.17, 15) is 0 Å². The third-order valence-electron chi connectivity index (χ3n) is 4.74. The van der Waals surface area contributed by atoms with Crippen molar-refractivity contribution in [1.29, 1.82) is 0 Å². The van der Waals surface area contributed by atoms with E-state index >= 15 is 0 Å². The summed E-state index contributed by atoms with van der Waals surface area (Å²) in [5.74, 6) is 1.47. The summed E-state index contributed by atoms with van der Waals surface area (Å²) in [6, 6.07) is 10.4. The number of piperidine rings is 1. The average Bonchev–Trinajstić information content (AvgIpc) is 3.17. The topological polar surface area (TPSA) is 65.7 Å². The van der Waals surface area contributed by atoms with E-state index in [1.807, 2.05) is 30.3 Å². The van der Waals surface area contributed by atoms with Crippen molar-refractivity contribution in [1.82, 2.24) is 20.5 Å². The Bertz CT molecular complexity index is 782. The van der Waals surface area contributed by atoms with Gasteiger partial charge in [-0.2, -0.15) is 0 Å². The molecule has 0 aliphatic carbocycles. The van der Waals surface area contributed by atoms with Gasteiger partial charge in [0, 0.05) is 37.8 Å². The van der Waals surface area contributed by atoms with Crippen LogP contribution in [0.15, 0.2) is 58.2 Å². The van der Waals surface area contributed by atoms with E-state index in [1.54, 1.807) is 6.26 Å². The second-order valence-corrected chi connectivity index (χ2v) is 7.36.